The van der Waals surface area contributed by atoms with E-state index >= 15 is 0 Å². The van der Waals surface area contributed by atoms with Crippen LogP contribution in [0.5, 0.6) is 0 Å². The molecule has 1 aromatic heterocycles. The van der Waals surface area contributed by atoms with Gasteiger partial charge in [-0.05, 0) is 54.6 Å². The van der Waals surface area contributed by atoms with Crippen molar-refractivity contribution in [3.63, 3.8) is 0 Å². The first-order chi connectivity index (χ1) is 9.78. The molecule has 3 rings (SSSR count). The van der Waals surface area contributed by atoms with Crippen LogP contribution in [-0.2, 0) is 6.42 Å². The summed E-state index contributed by atoms with van der Waals surface area (Å²) in [4.78, 5) is 0. The fourth-order valence-electron chi connectivity index (χ4n) is 3.15. The highest BCUT2D eigenvalue weighted by atomic mass is 35.5. The zero-order valence-electron chi connectivity index (χ0n) is 11.7. The largest absolute Gasteiger partial charge is 0.469 e. The Hall–Kier alpha value is -1.25. The van der Waals surface area contributed by atoms with Crippen molar-refractivity contribution >= 4 is 11.6 Å². The van der Waals surface area contributed by atoms with Crippen molar-refractivity contribution in [3.8, 4) is 0 Å². The molecule has 3 heteroatoms. The Kier molecular flexibility index (Phi) is 4.13. The number of benzene rings is 1. The number of hydrogen-bond acceptors (Lipinski definition) is 2. The molecule has 0 amide bonds. The zero-order valence-corrected chi connectivity index (χ0v) is 12.5. The molecule has 1 aliphatic rings. The molecule has 2 nitrogen and oxygen atoms in total. The maximum Gasteiger partial charge on any atom is 0.106 e. The fourth-order valence-corrected chi connectivity index (χ4v) is 3.28. The maximum absolute atomic E-state index is 5.97. The van der Waals surface area contributed by atoms with Crippen molar-refractivity contribution in [2.75, 3.05) is 6.54 Å². The fraction of sp³-hybridized carbons (Fsp3) is 0.412. The van der Waals surface area contributed by atoms with Crippen molar-refractivity contribution in [2.24, 2.45) is 0 Å². The molecule has 1 N–H and O–H groups in total. The van der Waals surface area contributed by atoms with E-state index in [4.69, 9.17) is 16.0 Å². The number of piperidine rings is 1. The van der Waals surface area contributed by atoms with Crippen LogP contribution in [0.25, 0.3) is 0 Å². The first kappa shape index (κ1) is 13.7. The molecule has 0 saturated carbocycles. The second-order valence-corrected chi connectivity index (χ2v) is 5.87. The van der Waals surface area contributed by atoms with Crippen LogP contribution in [0.2, 0.25) is 5.02 Å². The molecule has 2 heterocycles. The van der Waals surface area contributed by atoms with E-state index in [2.05, 4.69) is 30.4 Å². The van der Waals surface area contributed by atoms with Gasteiger partial charge in [0.25, 0.3) is 0 Å². The summed E-state index contributed by atoms with van der Waals surface area (Å²) in [7, 11) is 0. The van der Waals surface area contributed by atoms with Crippen molar-refractivity contribution in [1.29, 1.82) is 0 Å². The third-order valence-electron chi connectivity index (χ3n) is 4.22. The Bertz CT molecular complexity index is 561. The van der Waals surface area contributed by atoms with Crippen molar-refractivity contribution in [2.45, 2.75) is 38.1 Å². The number of halogens is 1. The molecule has 0 aliphatic carbocycles. The highest BCUT2D eigenvalue weighted by Crippen LogP contribution is 2.36. The van der Waals surface area contributed by atoms with Crippen LogP contribution >= 0.6 is 11.6 Å². The Labute approximate surface area is 125 Å². The van der Waals surface area contributed by atoms with E-state index in [1.54, 1.807) is 0 Å². The summed E-state index contributed by atoms with van der Waals surface area (Å²) >= 11 is 5.97. The van der Waals surface area contributed by atoms with Crippen molar-refractivity contribution < 1.29 is 4.42 Å². The van der Waals surface area contributed by atoms with E-state index in [0.29, 0.717) is 12.0 Å². The van der Waals surface area contributed by atoms with Crippen LogP contribution in [0.4, 0.5) is 0 Å². The summed E-state index contributed by atoms with van der Waals surface area (Å²) in [5.74, 6) is 1.73. The summed E-state index contributed by atoms with van der Waals surface area (Å²) in [6.45, 7) is 3.20. The lowest BCUT2D eigenvalue weighted by Gasteiger charge is -2.30. The van der Waals surface area contributed by atoms with Gasteiger partial charge < -0.3 is 9.73 Å². The zero-order chi connectivity index (χ0) is 13.9. The van der Waals surface area contributed by atoms with Gasteiger partial charge in [0.15, 0.2) is 0 Å². The molecule has 1 fully saturated rings. The first-order valence-electron chi connectivity index (χ1n) is 7.33. The second kappa shape index (κ2) is 6.02. The lowest BCUT2D eigenvalue weighted by molar-refractivity contribution is 0.365. The highest BCUT2D eigenvalue weighted by Gasteiger charge is 2.26. The minimum atomic E-state index is 0.408. The Morgan fingerprint density at radius 2 is 2.05 bits per heavy atom. The van der Waals surface area contributed by atoms with Crippen LogP contribution in [-0.4, -0.2) is 6.54 Å². The van der Waals surface area contributed by atoms with E-state index in [9.17, 15) is 0 Å². The minimum Gasteiger partial charge on any atom is -0.469 e. The van der Waals surface area contributed by atoms with Crippen LogP contribution in [0.1, 0.15) is 48.6 Å². The monoisotopic (exact) mass is 289 g/mol. The molecule has 1 aromatic carbocycles. The number of hydrogen-bond donors (Lipinski definition) is 1. The van der Waals surface area contributed by atoms with E-state index in [1.165, 1.54) is 17.5 Å². The van der Waals surface area contributed by atoms with E-state index in [0.717, 1.165) is 30.2 Å². The van der Waals surface area contributed by atoms with Gasteiger partial charge in [0.1, 0.15) is 5.76 Å². The Morgan fingerprint density at radius 3 is 2.80 bits per heavy atom. The molecule has 106 valence electrons. The predicted octanol–water partition coefficient (Wildman–Crippen LogP) is 4.70. The average Bonchev–Trinajstić information content (AvgIpc) is 2.96. The highest BCUT2D eigenvalue weighted by molar-refractivity contribution is 6.30. The van der Waals surface area contributed by atoms with Gasteiger partial charge in [0.05, 0.1) is 6.26 Å². The summed E-state index contributed by atoms with van der Waals surface area (Å²) in [5.41, 5.74) is 2.72. The lowest BCUT2D eigenvalue weighted by atomic mass is 9.84. The standard InChI is InChI=1S/C17H20ClNO/c1-2-17-15(8-10-20-17)13-7-9-19-16(11-13)12-3-5-14(18)6-4-12/h3-6,8,10,13,16,19H,2,7,9,11H2,1H3. The SMILES string of the molecule is CCc1occc1C1CCNC(c2ccc(Cl)cc2)C1. The summed E-state index contributed by atoms with van der Waals surface area (Å²) in [6.07, 6.45) is 5.09. The summed E-state index contributed by atoms with van der Waals surface area (Å²) < 4.78 is 5.59. The van der Waals surface area contributed by atoms with E-state index in [-0.39, 0.29) is 0 Å². The van der Waals surface area contributed by atoms with Gasteiger partial charge >= 0.3 is 0 Å². The van der Waals surface area contributed by atoms with Gasteiger partial charge in [-0.25, -0.2) is 0 Å². The van der Waals surface area contributed by atoms with E-state index < -0.39 is 0 Å². The van der Waals surface area contributed by atoms with Crippen LogP contribution in [0.3, 0.4) is 0 Å². The van der Waals surface area contributed by atoms with Crippen molar-refractivity contribution in [1.82, 2.24) is 5.32 Å². The van der Waals surface area contributed by atoms with Gasteiger partial charge in [-0.2, -0.15) is 0 Å². The van der Waals surface area contributed by atoms with Gasteiger partial charge in [0.2, 0.25) is 0 Å². The minimum absolute atomic E-state index is 0.408. The number of rotatable bonds is 3. The molecule has 20 heavy (non-hydrogen) atoms. The van der Waals surface area contributed by atoms with Crippen molar-refractivity contribution in [3.05, 3.63) is 58.5 Å². The van der Waals surface area contributed by atoms with Crippen LogP contribution in [0.15, 0.2) is 41.0 Å². The summed E-state index contributed by atoms with van der Waals surface area (Å²) in [5, 5.41) is 4.41. The van der Waals surface area contributed by atoms with Gasteiger partial charge in [-0.1, -0.05) is 30.7 Å². The Balaban J connectivity index is 1.78. The number of nitrogens with one attached hydrogen (secondary N) is 1. The third-order valence-corrected chi connectivity index (χ3v) is 4.47. The van der Waals surface area contributed by atoms with E-state index in [1.807, 2.05) is 18.4 Å². The quantitative estimate of drug-likeness (QED) is 0.886. The molecule has 2 atom stereocenters. The third kappa shape index (κ3) is 2.77. The van der Waals surface area contributed by atoms with Gasteiger partial charge in [-0.3, -0.25) is 0 Å². The maximum atomic E-state index is 5.97. The van der Waals surface area contributed by atoms with Crippen LogP contribution in [0, 0.1) is 0 Å². The second-order valence-electron chi connectivity index (χ2n) is 5.43. The smallest absolute Gasteiger partial charge is 0.106 e. The molecule has 2 aromatic rings. The van der Waals surface area contributed by atoms with Gasteiger partial charge in [-0.15, -0.1) is 0 Å². The first-order valence-corrected chi connectivity index (χ1v) is 7.71. The molecular formula is C17H20ClNO. The number of aryl methyl sites for hydroxylation is 1. The molecule has 1 saturated heterocycles. The van der Waals surface area contributed by atoms with Crippen LogP contribution < -0.4 is 5.32 Å². The van der Waals surface area contributed by atoms with Gasteiger partial charge in [0, 0.05) is 17.5 Å². The topological polar surface area (TPSA) is 25.2 Å². The molecular weight excluding hydrogens is 270 g/mol. The Morgan fingerprint density at radius 1 is 1.25 bits per heavy atom. The molecule has 0 bridgehead atoms. The lowest BCUT2D eigenvalue weighted by Crippen LogP contribution is -2.31. The predicted molar refractivity (Wildman–Crippen MR) is 82.3 cm³/mol. The molecule has 0 radical (unpaired) electrons. The molecule has 0 spiro atoms. The molecule has 2 unspecified atom stereocenters. The summed E-state index contributed by atoms with van der Waals surface area (Å²) in [6, 6.07) is 10.7. The normalized spacial score (nSPS) is 22.9. The average molecular weight is 290 g/mol. The number of furan rings is 1. The molecule has 1 aliphatic heterocycles.